The number of rotatable bonds is 4. The van der Waals surface area contributed by atoms with E-state index >= 15 is 0 Å². The first-order chi connectivity index (χ1) is 14.1. The van der Waals surface area contributed by atoms with Gasteiger partial charge in [0.15, 0.2) is 5.82 Å². The van der Waals surface area contributed by atoms with Crippen LogP contribution in [0.5, 0.6) is 0 Å². The van der Waals surface area contributed by atoms with Crippen molar-refractivity contribution < 1.29 is 9.53 Å². The number of hydrogen-bond acceptors (Lipinski definition) is 4. The molecule has 1 spiro atoms. The molecule has 1 unspecified atom stereocenters. The lowest BCUT2D eigenvalue weighted by molar-refractivity contribution is -0.140. The third kappa shape index (κ3) is 2.96. The number of ether oxygens (including phenoxy) is 1. The fourth-order valence-electron chi connectivity index (χ4n) is 5.21. The van der Waals surface area contributed by atoms with Crippen molar-refractivity contribution in [3.05, 3.63) is 42.4 Å². The van der Waals surface area contributed by atoms with Gasteiger partial charge in [0.2, 0.25) is 0 Å². The fraction of sp³-hybridized carbons (Fsp3) is 0.565. The molecule has 1 amide bonds. The highest BCUT2D eigenvalue weighted by Gasteiger charge is 2.51. The maximum Gasteiger partial charge on any atom is 0.251 e. The van der Waals surface area contributed by atoms with Crippen molar-refractivity contribution in [2.75, 3.05) is 31.1 Å². The number of likely N-dealkylation sites (tertiary alicyclic amines) is 1. The molecule has 3 aliphatic heterocycles. The van der Waals surface area contributed by atoms with E-state index in [2.05, 4.69) is 47.7 Å². The highest BCUT2D eigenvalue weighted by atomic mass is 16.5. The van der Waals surface area contributed by atoms with E-state index in [4.69, 9.17) is 9.72 Å². The van der Waals surface area contributed by atoms with Gasteiger partial charge >= 0.3 is 0 Å². The van der Waals surface area contributed by atoms with Crippen LogP contribution in [0.2, 0.25) is 0 Å². The average molecular weight is 395 g/mol. The lowest BCUT2D eigenvalue weighted by atomic mass is 9.88. The van der Waals surface area contributed by atoms with Crippen LogP contribution in [-0.2, 0) is 15.1 Å². The predicted molar refractivity (Wildman–Crippen MR) is 112 cm³/mol. The number of carbonyl (C=O) groups is 1. The highest BCUT2D eigenvalue weighted by molar-refractivity contribution is 5.82. The van der Waals surface area contributed by atoms with Crippen LogP contribution in [0.15, 0.2) is 36.7 Å². The van der Waals surface area contributed by atoms with E-state index in [1.807, 2.05) is 17.2 Å². The van der Waals surface area contributed by atoms with Crippen LogP contribution in [-0.4, -0.2) is 52.7 Å². The molecule has 6 nitrogen and oxygen atoms in total. The van der Waals surface area contributed by atoms with E-state index < -0.39 is 0 Å². The quantitative estimate of drug-likeness (QED) is 0.798. The van der Waals surface area contributed by atoms with Gasteiger partial charge < -0.3 is 19.1 Å². The molecule has 0 saturated carbocycles. The molecule has 2 atom stereocenters. The van der Waals surface area contributed by atoms with Gasteiger partial charge in [0, 0.05) is 38.6 Å². The van der Waals surface area contributed by atoms with Crippen LogP contribution in [0.4, 0.5) is 5.69 Å². The van der Waals surface area contributed by atoms with Gasteiger partial charge in [0.1, 0.15) is 11.6 Å². The topological polar surface area (TPSA) is 50.6 Å². The molecule has 0 radical (unpaired) electrons. The van der Waals surface area contributed by atoms with E-state index in [1.54, 1.807) is 0 Å². The maximum absolute atomic E-state index is 13.1. The van der Waals surface area contributed by atoms with Crippen molar-refractivity contribution in [3.8, 4) is 5.82 Å². The van der Waals surface area contributed by atoms with Crippen molar-refractivity contribution in [1.29, 1.82) is 0 Å². The number of nitrogens with zero attached hydrogens (tertiary/aromatic N) is 4. The molecule has 0 aromatic carbocycles. The highest BCUT2D eigenvalue weighted by Crippen LogP contribution is 2.47. The van der Waals surface area contributed by atoms with E-state index in [1.165, 1.54) is 11.4 Å². The minimum absolute atomic E-state index is 0.165. The Labute approximate surface area is 172 Å². The zero-order chi connectivity index (χ0) is 20.0. The number of hydrogen-bond donors (Lipinski definition) is 0. The maximum atomic E-state index is 13.1. The second-order valence-corrected chi connectivity index (χ2v) is 8.99. The van der Waals surface area contributed by atoms with Crippen LogP contribution in [0.1, 0.15) is 45.2 Å². The van der Waals surface area contributed by atoms with Crippen molar-refractivity contribution in [1.82, 2.24) is 14.5 Å². The molecule has 0 bridgehead atoms. The van der Waals surface area contributed by atoms with Gasteiger partial charge in [-0.2, -0.15) is 0 Å². The van der Waals surface area contributed by atoms with E-state index in [-0.39, 0.29) is 17.6 Å². The molecule has 0 aliphatic carbocycles. The summed E-state index contributed by atoms with van der Waals surface area (Å²) in [7, 11) is 0. The third-order valence-electron chi connectivity index (χ3n) is 6.72. The summed E-state index contributed by atoms with van der Waals surface area (Å²) in [5.74, 6) is 1.77. The minimum atomic E-state index is -0.251. The summed E-state index contributed by atoms with van der Waals surface area (Å²) in [4.78, 5) is 22.4. The Morgan fingerprint density at radius 1 is 1.34 bits per heavy atom. The molecule has 3 aliphatic rings. The number of aromatic nitrogens is 2. The third-order valence-corrected chi connectivity index (χ3v) is 6.72. The van der Waals surface area contributed by atoms with Gasteiger partial charge in [-0.05, 0) is 55.9 Å². The van der Waals surface area contributed by atoms with Gasteiger partial charge in [0.25, 0.3) is 5.91 Å². The van der Waals surface area contributed by atoms with Gasteiger partial charge in [0.05, 0.1) is 11.4 Å². The first kappa shape index (κ1) is 18.7. The Morgan fingerprint density at radius 3 is 3.03 bits per heavy atom. The largest absolute Gasteiger partial charge is 0.368 e. The van der Waals surface area contributed by atoms with Gasteiger partial charge in [-0.15, -0.1) is 0 Å². The van der Waals surface area contributed by atoms with Crippen molar-refractivity contribution in [2.24, 2.45) is 5.92 Å². The number of carbonyl (C=O) groups excluding carboxylic acids is 1. The average Bonchev–Trinajstić information content (AvgIpc) is 3.47. The molecule has 29 heavy (non-hydrogen) atoms. The number of anilines is 1. The summed E-state index contributed by atoms with van der Waals surface area (Å²) in [5, 5.41) is 0. The van der Waals surface area contributed by atoms with Crippen LogP contribution in [0.3, 0.4) is 0 Å². The summed E-state index contributed by atoms with van der Waals surface area (Å²) in [6.45, 7) is 7.69. The molecular formula is C23H30N4O2. The van der Waals surface area contributed by atoms with E-state index in [9.17, 15) is 4.79 Å². The van der Waals surface area contributed by atoms with Crippen molar-refractivity contribution >= 4 is 11.6 Å². The molecule has 2 saturated heterocycles. The van der Waals surface area contributed by atoms with Crippen LogP contribution in [0, 0.1) is 5.92 Å². The fourth-order valence-corrected chi connectivity index (χ4v) is 5.21. The molecule has 2 aromatic heterocycles. The summed E-state index contributed by atoms with van der Waals surface area (Å²) in [6.07, 6.45) is 7.59. The van der Waals surface area contributed by atoms with Crippen LogP contribution in [0.25, 0.3) is 5.82 Å². The Balaban J connectivity index is 1.54. The first-order valence-electron chi connectivity index (χ1n) is 10.9. The molecule has 5 heterocycles. The minimum Gasteiger partial charge on any atom is -0.368 e. The Bertz CT molecular complexity index is 902. The van der Waals surface area contributed by atoms with Gasteiger partial charge in [-0.1, -0.05) is 13.8 Å². The summed E-state index contributed by atoms with van der Waals surface area (Å²) in [5.41, 5.74) is 2.21. The Hall–Kier alpha value is -2.34. The molecular weight excluding hydrogens is 364 g/mol. The summed E-state index contributed by atoms with van der Waals surface area (Å²) < 4.78 is 7.92. The zero-order valence-corrected chi connectivity index (χ0v) is 17.4. The SMILES string of the molecule is CC(C)CCN1c2cccnc2-n2cccc2C12CCN(C(=O)[C@H]1CCCO1)C2. The monoisotopic (exact) mass is 394 g/mol. The molecule has 6 heteroatoms. The molecule has 154 valence electrons. The second kappa shape index (κ2) is 7.17. The Morgan fingerprint density at radius 2 is 2.24 bits per heavy atom. The smallest absolute Gasteiger partial charge is 0.251 e. The lowest BCUT2D eigenvalue weighted by Crippen LogP contribution is -2.53. The summed E-state index contributed by atoms with van der Waals surface area (Å²) in [6, 6.07) is 8.51. The van der Waals surface area contributed by atoms with Crippen molar-refractivity contribution in [3.63, 3.8) is 0 Å². The van der Waals surface area contributed by atoms with Crippen LogP contribution >= 0.6 is 0 Å². The van der Waals surface area contributed by atoms with Gasteiger partial charge in [-0.25, -0.2) is 4.98 Å². The second-order valence-electron chi connectivity index (χ2n) is 8.99. The van der Waals surface area contributed by atoms with Gasteiger partial charge in [-0.3, -0.25) is 4.79 Å². The van der Waals surface area contributed by atoms with Crippen LogP contribution < -0.4 is 4.90 Å². The molecule has 0 N–H and O–H groups in total. The number of pyridine rings is 1. The number of amides is 1. The first-order valence-corrected chi connectivity index (χ1v) is 10.9. The normalized spacial score (nSPS) is 25.7. The molecule has 2 aromatic rings. The Kier molecular flexibility index (Phi) is 4.62. The molecule has 2 fully saturated rings. The zero-order valence-electron chi connectivity index (χ0n) is 17.4. The number of fused-ring (bicyclic) bond motifs is 4. The standard InChI is InChI=1S/C23H30N4O2/c1-17(2)9-13-27-18-6-3-11-24-21(18)26-12-4-8-20(26)23(27)10-14-25(16-23)22(28)19-7-5-15-29-19/h3-4,6,8,11-12,17,19H,5,7,9-10,13-16H2,1-2H3/t19-,23?/m1/s1. The van der Waals surface area contributed by atoms with E-state index in [0.29, 0.717) is 19.1 Å². The van der Waals surface area contributed by atoms with E-state index in [0.717, 1.165) is 44.6 Å². The van der Waals surface area contributed by atoms with Crippen molar-refractivity contribution in [2.45, 2.75) is 51.2 Å². The predicted octanol–water partition coefficient (Wildman–Crippen LogP) is 3.35. The lowest BCUT2D eigenvalue weighted by Gasteiger charge is -2.47. The molecule has 5 rings (SSSR count). The summed E-state index contributed by atoms with van der Waals surface area (Å²) >= 11 is 0.